The summed E-state index contributed by atoms with van der Waals surface area (Å²) in [5.74, 6) is 0.0732. The minimum atomic E-state index is -0.173. The fourth-order valence-electron chi connectivity index (χ4n) is 2.51. The predicted molar refractivity (Wildman–Crippen MR) is 97.1 cm³/mol. The molecular weight excluding hydrogens is 324 g/mol. The van der Waals surface area contributed by atoms with Crippen molar-refractivity contribution in [3.05, 3.63) is 24.4 Å². The number of hydrogen-bond acceptors (Lipinski definition) is 6. The molecule has 6 nitrogen and oxygen atoms in total. The molecule has 7 heteroatoms. The molecule has 1 atom stereocenters. The van der Waals surface area contributed by atoms with Gasteiger partial charge in [0, 0.05) is 25.8 Å². The van der Waals surface area contributed by atoms with Crippen LogP contribution in [0.2, 0.25) is 0 Å². The van der Waals surface area contributed by atoms with Gasteiger partial charge in [-0.25, -0.2) is 4.98 Å². The molecule has 24 heavy (non-hydrogen) atoms. The number of carbonyl (C=O) groups excluding carboxylic acids is 1. The molecule has 1 aromatic heterocycles. The van der Waals surface area contributed by atoms with Gasteiger partial charge in [0.25, 0.3) is 0 Å². The number of nitrogens with zero attached hydrogens (tertiary/aromatic N) is 3. The summed E-state index contributed by atoms with van der Waals surface area (Å²) in [5.41, 5.74) is 0. The van der Waals surface area contributed by atoms with Crippen LogP contribution >= 0.6 is 11.8 Å². The Morgan fingerprint density at radius 3 is 2.75 bits per heavy atom. The Bertz CT molecular complexity index is 479. The van der Waals surface area contributed by atoms with Gasteiger partial charge < -0.3 is 10.1 Å². The first-order chi connectivity index (χ1) is 11.7. The lowest BCUT2D eigenvalue weighted by atomic mass is 10.3. The molecule has 1 aliphatic rings. The van der Waals surface area contributed by atoms with Crippen LogP contribution in [-0.4, -0.2) is 78.5 Å². The minimum absolute atomic E-state index is 0.0732. The summed E-state index contributed by atoms with van der Waals surface area (Å²) in [6, 6.07) is 5.80. The van der Waals surface area contributed by atoms with E-state index < -0.39 is 0 Å². The van der Waals surface area contributed by atoms with Crippen molar-refractivity contribution in [1.82, 2.24) is 20.1 Å². The first kappa shape index (κ1) is 19.2. The summed E-state index contributed by atoms with van der Waals surface area (Å²) in [5, 5.41) is 3.79. The lowest BCUT2D eigenvalue weighted by Crippen LogP contribution is -2.47. The molecule has 0 aliphatic carbocycles. The van der Waals surface area contributed by atoms with Crippen molar-refractivity contribution < 1.29 is 9.53 Å². The smallest absolute Gasteiger partial charge is 0.235 e. The van der Waals surface area contributed by atoms with E-state index in [2.05, 4.69) is 33.9 Å². The number of morpholine rings is 1. The number of pyridine rings is 1. The van der Waals surface area contributed by atoms with Crippen molar-refractivity contribution in [2.45, 2.75) is 24.1 Å². The Morgan fingerprint density at radius 2 is 2.12 bits per heavy atom. The molecule has 1 unspecified atom stereocenters. The summed E-state index contributed by atoms with van der Waals surface area (Å²) in [7, 11) is 0. The van der Waals surface area contributed by atoms with E-state index in [4.69, 9.17) is 4.74 Å². The molecule has 1 fully saturated rings. The van der Waals surface area contributed by atoms with Crippen molar-refractivity contribution in [3.63, 3.8) is 0 Å². The van der Waals surface area contributed by atoms with Gasteiger partial charge in [-0.2, -0.15) is 0 Å². The van der Waals surface area contributed by atoms with Crippen LogP contribution in [0.15, 0.2) is 29.4 Å². The first-order valence-electron chi connectivity index (χ1n) is 8.60. The monoisotopic (exact) mass is 352 g/mol. The highest BCUT2D eigenvalue weighted by Crippen LogP contribution is 2.22. The summed E-state index contributed by atoms with van der Waals surface area (Å²) < 4.78 is 5.40. The SMILES string of the molecule is CCN(CC)CNC(=O)C(CN1CCOCC1)Sc1ccccn1. The average molecular weight is 353 g/mol. The van der Waals surface area contributed by atoms with Gasteiger partial charge in [0.15, 0.2) is 0 Å². The van der Waals surface area contributed by atoms with E-state index in [1.54, 1.807) is 6.20 Å². The van der Waals surface area contributed by atoms with Crippen LogP contribution in [0, 0.1) is 0 Å². The molecule has 0 bridgehead atoms. The Kier molecular flexibility index (Phi) is 8.52. The van der Waals surface area contributed by atoms with Crippen molar-refractivity contribution in [1.29, 1.82) is 0 Å². The third-order valence-corrected chi connectivity index (χ3v) is 5.22. The third kappa shape index (κ3) is 6.39. The van der Waals surface area contributed by atoms with Crippen LogP contribution in [0.5, 0.6) is 0 Å². The summed E-state index contributed by atoms with van der Waals surface area (Å²) >= 11 is 1.53. The standard InChI is InChI=1S/C17H28N4O2S/c1-3-20(4-2)14-19-17(22)15(13-21-9-11-23-12-10-21)24-16-7-5-6-8-18-16/h5-8,15H,3-4,9-14H2,1-2H3,(H,19,22). The van der Waals surface area contributed by atoms with Crippen molar-refractivity contribution in [3.8, 4) is 0 Å². The molecule has 1 aromatic rings. The van der Waals surface area contributed by atoms with E-state index in [9.17, 15) is 4.79 Å². The number of rotatable bonds is 9. The van der Waals surface area contributed by atoms with E-state index >= 15 is 0 Å². The maximum absolute atomic E-state index is 12.7. The lowest BCUT2D eigenvalue weighted by molar-refractivity contribution is -0.121. The van der Waals surface area contributed by atoms with Gasteiger partial charge in [-0.3, -0.25) is 14.6 Å². The Hall–Kier alpha value is -1.15. The maximum atomic E-state index is 12.7. The zero-order chi connectivity index (χ0) is 17.2. The first-order valence-corrected chi connectivity index (χ1v) is 9.48. The van der Waals surface area contributed by atoms with Gasteiger partial charge in [-0.15, -0.1) is 0 Å². The zero-order valence-electron chi connectivity index (χ0n) is 14.6. The number of ether oxygens (including phenoxy) is 1. The Labute approximate surface area is 148 Å². The number of aromatic nitrogens is 1. The van der Waals surface area contributed by atoms with E-state index in [1.807, 2.05) is 18.2 Å². The van der Waals surface area contributed by atoms with E-state index in [0.29, 0.717) is 13.2 Å². The van der Waals surface area contributed by atoms with Crippen LogP contribution < -0.4 is 5.32 Å². The van der Waals surface area contributed by atoms with E-state index in [-0.39, 0.29) is 11.2 Å². The normalized spacial score (nSPS) is 17.0. The second-order valence-corrected chi connectivity index (χ2v) is 6.91. The molecule has 1 N–H and O–H groups in total. The second-order valence-electron chi connectivity index (χ2n) is 5.69. The molecule has 1 amide bonds. The quantitative estimate of drug-likeness (QED) is 0.534. The third-order valence-electron chi connectivity index (χ3n) is 4.09. The van der Waals surface area contributed by atoms with Gasteiger partial charge in [0.05, 0.1) is 24.9 Å². The molecule has 1 aliphatic heterocycles. The largest absolute Gasteiger partial charge is 0.379 e. The van der Waals surface area contributed by atoms with Crippen LogP contribution in [0.1, 0.15) is 13.8 Å². The number of thioether (sulfide) groups is 1. The van der Waals surface area contributed by atoms with E-state index in [0.717, 1.165) is 44.4 Å². The highest BCUT2D eigenvalue weighted by molar-refractivity contribution is 8.00. The highest BCUT2D eigenvalue weighted by atomic mass is 32.2. The fourth-order valence-corrected chi connectivity index (χ4v) is 3.55. The van der Waals surface area contributed by atoms with Crippen molar-refractivity contribution >= 4 is 17.7 Å². The molecular formula is C17H28N4O2S. The lowest BCUT2D eigenvalue weighted by Gasteiger charge is -2.30. The zero-order valence-corrected chi connectivity index (χ0v) is 15.4. The molecule has 0 spiro atoms. The molecule has 0 aromatic carbocycles. The summed E-state index contributed by atoms with van der Waals surface area (Å²) in [4.78, 5) is 21.5. The Morgan fingerprint density at radius 1 is 1.38 bits per heavy atom. The molecule has 2 heterocycles. The average Bonchev–Trinajstić information content (AvgIpc) is 2.63. The number of nitrogens with one attached hydrogen (secondary N) is 1. The van der Waals surface area contributed by atoms with Crippen LogP contribution in [0.3, 0.4) is 0 Å². The summed E-state index contributed by atoms with van der Waals surface area (Å²) in [6.45, 7) is 10.6. The fraction of sp³-hybridized carbons (Fsp3) is 0.647. The number of carbonyl (C=O) groups is 1. The van der Waals surface area contributed by atoms with Crippen molar-refractivity contribution in [2.24, 2.45) is 0 Å². The van der Waals surface area contributed by atoms with Gasteiger partial charge in [0.1, 0.15) is 5.25 Å². The number of amides is 1. The van der Waals surface area contributed by atoms with Gasteiger partial charge in [0.2, 0.25) is 5.91 Å². The second kappa shape index (κ2) is 10.7. The van der Waals surface area contributed by atoms with Gasteiger partial charge in [-0.05, 0) is 25.2 Å². The topological polar surface area (TPSA) is 57.7 Å². The van der Waals surface area contributed by atoms with Gasteiger partial charge >= 0.3 is 0 Å². The molecule has 0 saturated carbocycles. The molecule has 1 saturated heterocycles. The molecule has 0 radical (unpaired) electrons. The van der Waals surface area contributed by atoms with Crippen LogP contribution in [-0.2, 0) is 9.53 Å². The Balaban J connectivity index is 1.96. The molecule has 134 valence electrons. The maximum Gasteiger partial charge on any atom is 0.235 e. The van der Waals surface area contributed by atoms with Gasteiger partial charge in [-0.1, -0.05) is 31.7 Å². The van der Waals surface area contributed by atoms with E-state index in [1.165, 1.54) is 11.8 Å². The van der Waals surface area contributed by atoms with Crippen LogP contribution in [0.25, 0.3) is 0 Å². The van der Waals surface area contributed by atoms with Crippen molar-refractivity contribution in [2.75, 3.05) is 52.6 Å². The highest BCUT2D eigenvalue weighted by Gasteiger charge is 2.24. The summed E-state index contributed by atoms with van der Waals surface area (Å²) in [6.07, 6.45) is 1.77. The predicted octanol–water partition coefficient (Wildman–Crippen LogP) is 1.29. The minimum Gasteiger partial charge on any atom is -0.379 e. The number of hydrogen-bond donors (Lipinski definition) is 1. The molecule has 2 rings (SSSR count). The van der Waals surface area contributed by atoms with Crippen LogP contribution in [0.4, 0.5) is 0 Å².